The fourth-order valence-electron chi connectivity index (χ4n) is 3.74. The van der Waals surface area contributed by atoms with Crippen molar-refractivity contribution in [2.75, 3.05) is 6.61 Å². The Balaban J connectivity index is 1.54. The second-order valence-corrected chi connectivity index (χ2v) is 7.64. The van der Waals surface area contributed by atoms with Gasteiger partial charge in [-0.25, -0.2) is 14.4 Å². The van der Waals surface area contributed by atoms with Crippen LogP contribution in [0.3, 0.4) is 0 Å². The second kappa shape index (κ2) is 8.72. The van der Waals surface area contributed by atoms with Gasteiger partial charge in [0.2, 0.25) is 0 Å². The number of carboxylic acid groups (broad SMARTS) is 1. The number of hydrogen-bond acceptors (Lipinski definition) is 6. The Morgan fingerprint density at radius 1 is 0.848 bits per heavy atom. The molecule has 0 amide bonds. The van der Waals surface area contributed by atoms with Crippen LogP contribution in [0.15, 0.2) is 72.8 Å². The van der Waals surface area contributed by atoms with Crippen molar-refractivity contribution < 1.29 is 34.1 Å². The molecule has 7 heteroatoms. The Labute approximate surface area is 189 Å². The molecule has 33 heavy (non-hydrogen) atoms. The Hall–Kier alpha value is -4.23. The maximum atomic E-state index is 12.5. The van der Waals surface area contributed by atoms with Gasteiger partial charge in [-0.3, -0.25) is 0 Å². The third-order valence-corrected chi connectivity index (χ3v) is 5.54. The van der Waals surface area contributed by atoms with Crippen LogP contribution in [0.1, 0.15) is 44.7 Å². The summed E-state index contributed by atoms with van der Waals surface area (Å²) < 4.78 is 10.8. The first-order chi connectivity index (χ1) is 15.8. The van der Waals surface area contributed by atoms with Crippen molar-refractivity contribution >= 4 is 17.9 Å². The van der Waals surface area contributed by atoms with Gasteiger partial charge in [0.25, 0.3) is 0 Å². The van der Waals surface area contributed by atoms with Crippen LogP contribution in [0, 0.1) is 0 Å². The van der Waals surface area contributed by atoms with Crippen LogP contribution < -0.4 is 9.47 Å². The third-order valence-electron chi connectivity index (χ3n) is 5.54. The molecule has 0 heterocycles. The number of aromatic carboxylic acids is 1. The van der Waals surface area contributed by atoms with Crippen LogP contribution >= 0.6 is 0 Å². The van der Waals surface area contributed by atoms with E-state index in [-0.39, 0.29) is 22.6 Å². The number of carboxylic acids is 1. The maximum Gasteiger partial charge on any atom is 0.343 e. The van der Waals surface area contributed by atoms with Crippen LogP contribution in [0.2, 0.25) is 0 Å². The van der Waals surface area contributed by atoms with E-state index >= 15 is 0 Å². The highest BCUT2D eigenvalue weighted by atomic mass is 16.5. The molecule has 0 bridgehead atoms. The van der Waals surface area contributed by atoms with Gasteiger partial charge in [0.1, 0.15) is 11.5 Å². The molecule has 0 saturated heterocycles. The first-order valence-electron chi connectivity index (χ1n) is 10.1. The number of rotatable bonds is 6. The normalized spacial score (nSPS) is 13.6. The number of carbonyl (C=O) groups is 3. The van der Waals surface area contributed by atoms with Crippen LogP contribution in [0.4, 0.5) is 0 Å². The number of aliphatic hydroxyl groups excluding tert-OH is 1. The molecule has 3 aromatic rings. The Morgan fingerprint density at radius 2 is 1.36 bits per heavy atom. The Bertz CT molecular complexity index is 1290. The predicted molar refractivity (Wildman–Crippen MR) is 120 cm³/mol. The van der Waals surface area contributed by atoms with E-state index in [9.17, 15) is 14.4 Å². The molecule has 0 saturated carbocycles. The van der Waals surface area contributed by atoms with Gasteiger partial charge in [0.05, 0.1) is 23.3 Å². The second-order valence-electron chi connectivity index (χ2n) is 7.64. The zero-order valence-electron chi connectivity index (χ0n) is 17.7. The molecule has 4 rings (SSSR count). The monoisotopic (exact) mass is 444 g/mol. The number of ether oxygens (including phenoxy) is 2. The maximum absolute atomic E-state index is 12.5. The molecule has 166 valence electrons. The molecule has 0 spiro atoms. The number of esters is 2. The van der Waals surface area contributed by atoms with Gasteiger partial charge in [-0.05, 0) is 70.8 Å². The first kappa shape index (κ1) is 22.0. The van der Waals surface area contributed by atoms with Gasteiger partial charge in [-0.2, -0.15) is 0 Å². The summed E-state index contributed by atoms with van der Waals surface area (Å²) in [6.45, 7) is 4.99. The molecule has 2 N–H and O–H groups in total. The summed E-state index contributed by atoms with van der Waals surface area (Å²) in [6.07, 6.45) is 0. The molecule has 1 atom stereocenters. The molecule has 0 aliphatic heterocycles. The largest absolute Gasteiger partial charge is 0.478 e. The smallest absolute Gasteiger partial charge is 0.343 e. The van der Waals surface area contributed by atoms with Gasteiger partial charge < -0.3 is 19.7 Å². The van der Waals surface area contributed by atoms with E-state index in [1.807, 2.05) is 19.1 Å². The van der Waals surface area contributed by atoms with Crippen LogP contribution in [0.5, 0.6) is 11.5 Å². The van der Waals surface area contributed by atoms with Crippen LogP contribution in [0.25, 0.3) is 11.1 Å². The average molecular weight is 444 g/mol. The topological polar surface area (TPSA) is 110 Å². The molecule has 7 nitrogen and oxygen atoms in total. The quantitative estimate of drug-likeness (QED) is 0.333. The van der Waals surface area contributed by atoms with Gasteiger partial charge in [0, 0.05) is 5.92 Å². The number of fused-ring (bicyclic) bond motifs is 3. The van der Waals surface area contributed by atoms with Crippen molar-refractivity contribution in [2.45, 2.75) is 12.8 Å². The van der Waals surface area contributed by atoms with E-state index in [1.54, 1.807) is 24.3 Å². The lowest BCUT2D eigenvalue weighted by atomic mass is 9.99. The fourth-order valence-corrected chi connectivity index (χ4v) is 3.74. The van der Waals surface area contributed by atoms with Crippen molar-refractivity contribution in [3.63, 3.8) is 0 Å². The standard InChI is InChI=1S/C26H20O7/c1-14(13-27)25(30)32-18-7-9-20-21-10-8-19(12-23(21)15(2)22(20)11-18)33-26(31)17-5-3-16(4-6-17)24(28)29/h3-12,15,27H,1,13H2,2H3,(H,28,29). The van der Waals surface area contributed by atoms with E-state index in [2.05, 4.69) is 6.58 Å². The zero-order valence-corrected chi connectivity index (χ0v) is 17.7. The van der Waals surface area contributed by atoms with Gasteiger partial charge in [0.15, 0.2) is 0 Å². The first-order valence-corrected chi connectivity index (χ1v) is 10.1. The summed E-state index contributed by atoms with van der Waals surface area (Å²) >= 11 is 0. The summed E-state index contributed by atoms with van der Waals surface area (Å²) in [5.74, 6) is -1.67. The van der Waals surface area contributed by atoms with E-state index < -0.39 is 24.5 Å². The summed E-state index contributed by atoms with van der Waals surface area (Å²) in [7, 11) is 0. The molecular formula is C26H20O7. The third kappa shape index (κ3) is 4.26. The summed E-state index contributed by atoms with van der Waals surface area (Å²) in [5, 5.41) is 18.0. The summed E-state index contributed by atoms with van der Waals surface area (Å²) in [4.78, 5) is 35.3. The number of hydrogen-bond donors (Lipinski definition) is 2. The highest BCUT2D eigenvalue weighted by Crippen LogP contribution is 2.47. The number of carbonyl (C=O) groups excluding carboxylic acids is 2. The molecule has 3 aromatic carbocycles. The van der Waals surface area contributed by atoms with Crippen LogP contribution in [-0.4, -0.2) is 34.7 Å². The molecule has 1 aliphatic carbocycles. The summed E-state index contributed by atoms with van der Waals surface area (Å²) in [6, 6.07) is 16.2. The molecular weight excluding hydrogens is 424 g/mol. The number of aliphatic hydroxyl groups is 1. The van der Waals surface area contributed by atoms with Crippen molar-refractivity contribution in [3.05, 3.63) is 95.1 Å². The van der Waals surface area contributed by atoms with Crippen molar-refractivity contribution in [2.24, 2.45) is 0 Å². The van der Waals surface area contributed by atoms with Crippen LogP contribution in [-0.2, 0) is 4.79 Å². The Kier molecular flexibility index (Phi) is 5.81. The summed E-state index contributed by atoms with van der Waals surface area (Å²) in [5.41, 5.74) is 4.18. The van der Waals surface area contributed by atoms with Gasteiger partial charge >= 0.3 is 17.9 Å². The van der Waals surface area contributed by atoms with E-state index in [1.165, 1.54) is 24.3 Å². The van der Waals surface area contributed by atoms with E-state index in [4.69, 9.17) is 19.7 Å². The molecule has 0 radical (unpaired) electrons. The minimum atomic E-state index is -1.07. The zero-order chi connectivity index (χ0) is 23.7. The number of benzene rings is 3. The minimum absolute atomic E-state index is 0.0316. The van der Waals surface area contributed by atoms with Crippen molar-refractivity contribution in [1.29, 1.82) is 0 Å². The lowest BCUT2D eigenvalue weighted by Gasteiger charge is -2.10. The molecule has 1 aliphatic rings. The van der Waals surface area contributed by atoms with Gasteiger partial charge in [-0.1, -0.05) is 25.6 Å². The average Bonchev–Trinajstić information content (AvgIpc) is 3.09. The lowest BCUT2D eigenvalue weighted by molar-refractivity contribution is -0.130. The predicted octanol–water partition coefficient (Wildman–Crippen LogP) is 4.19. The van der Waals surface area contributed by atoms with Crippen molar-refractivity contribution in [3.8, 4) is 22.6 Å². The molecule has 0 aromatic heterocycles. The SMILES string of the molecule is C=C(CO)C(=O)Oc1ccc2c(c1)C(C)c1cc(OC(=O)c3ccc(C(=O)O)cc3)ccc1-2. The highest BCUT2D eigenvalue weighted by molar-refractivity contribution is 5.94. The fraction of sp³-hybridized carbons (Fsp3) is 0.115. The molecule has 0 fully saturated rings. The molecule has 1 unspecified atom stereocenters. The van der Waals surface area contributed by atoms with E-state index in [0.29, 0.717) is 11.5 Å². The van der Waals surface area contributed by atoms with Crippen molar-refractivity contribution in [1.82, 2.24) is 0 Å². The lowest BCUT2D eigenvalue weighted by Crippen LogP contribution is -2.13. The minimum Gasteiger partial charge on any atom is -0.478 e. The highest BCUT2D eigenvalue weighted by Gasteiger charge is 2.27. The van der Waals surface area contributed by atoms with E-state index in [0.717, 1.165) is 22.3 Å². The Morgan fingerprint density at radius 3 is 1.88 bits per heavy atom. The van der Waals surface area contributed by atoms with Gasteiger partial charge in [-0.15, -0.1) is 0 Å².